The van der Waals surface area contributed by atoms with Crippen molar-refractivity contribution in [1.82, 2.24) is 4.98 Å². The predicted octanol–water partition coefficient (Wildman–Crippen LogP) is 3.23. The highest BCUT2D eigenvalue weighted by atomic mass is 32.1. The summed E-state index contributed by atoms with van der Waals surface area (Å²) in [5.41, 5.74) is -0.300. The molecule has 1 aromatic carbocycles. The van der Waals surface area contributed by atoms with Crippen LogP contribution in [-0.4, -0.2) is 17.9 Å². The highest BCUT2D eigenvalue weighted by Crippen LogP contribution is 2.35. The number of ether oxygens (including phenoxy) is 1. The SMILES string of the molecule is N#Cc1cc(-c2ncc(C=O)s2)c(OC(F)F)cc1F. The number of alkyl halides is 2. The lowest BCUT2D eigenvalue weighted by molar-refractivity contribution is -0.0496. The quantitative estimate of drug-likeness (QED) is 0.813. The van der Waals surface area contributed by atoms with Crippen LogP contribution in [0.5, 0.6) is 5.75 Å². The first-order valence-corrected chi connectivity index (χ1v) is 5.96. The molecule has 20 heavy (non-hydrogen) atoms. The van der Waals surface area contributed by atoms with Crippen molar-refractivity contribution >= 4 is 17.6 Å². The highest BCUT2D eigenvalue weighted by molar-refractivity contribution is 7.16. The fourth-order valence-corrected chi connectivity index (χ4v) is 2.22. The number of aromatic nitrogens is 1. The molecular weight excluding hydrogens is 293 g/mol. The predicted molar refractivity (Wildman–Crippen MR) is 64.2 cm³/mol. The van der Waals surface area contributed by atoms with Crippen LogP contribution in [0.4, 0.5) is 13.2 Å². The molecule has 8 heteroatoms. The molecule has 2 aromatic rings. The Labute approximate surface area is 115 Å². The average Bonchev–Trinajstić information content (AvgIpc) is 2.87. The van der Waals surface area contributed by atoms with Gasteiger partial charge in [-0.3, -0.25) is 4.79 Å². The van der Waals surface area contributed by atoms with E-state index in [4.69, 9.17) is 5.26 Å². The molecule has 0 fully saturated rings. The summed E-state index contributed by atoms with van der Waals surface area (Å²) in [7, 11) is 0. The zero-order valence-corrected chi connectivity index (χ0v) is 10.5. The average molecular weight is 298 g/mol. The topological polar surface area (TPSA) is 63.0 Å². The van der Waals surface area contributed by atoms with Crippen LogP contribution in [0.15, 0.2) is 18.3 Å². The van der Waals surface area contributed by atoms with E-state index in [-0.39, 0.29) is 21.0 Å². The molecule has 4 nitrogen and oxygen atoms in total. The van der Waals surface area contributed by atoms with Gasteiger partial charge in [0, 0.05) is 12.3 Å². The van der Waals surface area contributed by atoms with E-state index < -0.39 is 18.2 Å². The Kier molecular flexibility index (Phi) is 4.00. The zero-order chi connectivity index (χ0) is 14.7. The van der Waals surface area contributed by atoms with Crippen LogP contribution in [0.25, 0.3) is 10.6 Å². The van der Waals surface area contributed by atoms with Gasteiger partial charge >= 0.3 is 6.61 Å². The zero-order valence-electron chi connectivity index (χ0n) is 9.64. The van der Waals surface area contributed by atoms with Crippen molar-refractivity contribution in [2.45, 2.75) is 6.61 Å². The minimum Gasteiger partial charge on any atom is -0.434 e. The van der Waals surface area contributed by atoms with Crippen molar-refractivity contribution in [3.8, 4) is 22.4 Å². The van der Waals surface area contributed by atoms with Crippen LogP contribution in [0.1, 0.15) is 15.2 Å². The van der Waals surface area contributed by atoms with Gasteiger partial charge in [0.05, 0.1) is 16.0 Å². The first-order chi connectivity index (χ1) is 9.55. The van der Waals surface area contributed by atoms with E-state index in [1.807, 2.05) is 0 Å². The van der Waals surface area contributed by atoms with Crippen LogP contribution >= 0.6 is 11.3 Å². The lowest BCUT2D eigenvalue weighted by Crippen LogP contribution is -2.04. The normalized spacial score (nSPS) is 10.3. The Bertz CT molecular complexity index is 694. The second-order valence-corrected chi connectivity index (χ2v) is 4.57. The van der Waals surface area contributed by atoms with Gasteiger partial charge in [0.25, 0.3) is 0 Å². The third-order valence-electron chi connectivity index (χ3n) is 2.28. The van der Waals surface area contributed by atoms with Crippen LogP contribution in [-0.2, 0) is 0 Å². The fourth-order valence-electron chi connectivity index (χ4n) is 1.47. The molecule has 1 aromatic heterocycles. The van der Waals surface area contributed by atoms with Gasteiger partial charge in [-0.2, -0.15) is 14.0 Å². The first-order valence-electron chi connectivity index (χ1n) is 5.15. The van der Waals surface area contributed by atoms with E-state index in [2.05, 4.69) is 9.72 Å². The Balaban J connectivity index is 2.58. The van der Waals surface area contributed by atoms with Gasteiger partial charge in [-0.05, 0) is 6.07 Å². The van der Waals surface area contributed by atoms with Crippen LogP contribution in [0.3, 0.4) is 0 Å². The number of aldehydes is 1. The highest BCUT2D eigenvalue weighted by Gasteiger charge is 2.18. The summed E-state index contributed by atoms with van der Waals surface area (Å²) in [5, 5.41) is 8.94. The van der Waals surface area contributed by atoms with E-state index in [9.17, 15) is 18.0 Å². The molecule has 0 bridgehead atoms. The van der Waals surface area contributed by atoms with E-state index in [0.717, 1.165) is 17.4 Å². The van der Waals surface area contributed by atoms with Crippen molar-refractivity contribution in [2.24, 2.45) is 0 Å². The van der Waals surface area contributed by atoms with Gasteiger partial charge in [0.15, 0.2) is 6.29 Å². The molecule has 0 unspecified atom stereocenters. The number of hydrogen-bond acceptors (Lipinski definition) is 5. The molecule has 2 rings (SSSR count). The van der Waals surface area contributed by atoms with Gasteiger partial charge in [0.2, 0.25) is 0 Å². The molecular formula is C12H5F3N2O2S. The molecule has 1 heterocycles. The Hall–Kier alpha value is -2.40. The molecule has 0 amide bonds. The molecule has 0 aliphatic rings. The smallest absolute Gasteiger partial charge is 0.387 e. The molecule has 0 spiro atoms. The summed E-state index contributed by atoms with van der Waals surface area (Å²) >= 11 is 0.916. The van der Waals surface area contributed by atoms with E-state index in [1.54, 1.807) is 6.07 Å². The molecule has 0 aliphatic heterocycles. The number of thiazole rings is 1. The molecule has 0 saturated heterocycles. The molecule has 0 radical (unpaired) electrons. The lowest BCUT2D eigenvalue weighted by Gasteiger charge is -2.09. The van der Waals surface area contributed by atoms with Crippen molar-refractivity contribution in [3.05, 3.63) is 34.6 Å². The Morgan fingerprint density at radius 1 is 1.45 bits per heavy atom. The van der Waals surface area contributed by atoms with Crippen LogP contribution in [0.2, 0.25) is 0 Å². The summed E-state index contributed by atoms with van der Waals surface area (Å²) in [5.74, 6) is -1.41. The maximum absolute atomic E-state index is 13.4. The van der Waals surface area contributed by atoms with Crippen LogP contribution in [0, 0.1) is 17.1 Å². The number of nitrogens with zero attached hydrogens (tertiary/aromatic N) is 2. The summed E-state index contributed by atoms with van der Waals surface area (Å²) in [4.78, 5) is 14.7. The van der Waals surface area contributed by atoms with Gasteiger partial charge in [-0.1, -0.05) is 0 Å². The van der Waals surface area contributed by atoms with E-state index in [0.29, 0.717) is 12.4 Å². The van der Waals surface area contributed by atoms with E-state index in [1.165, 1.54) is 6.20 Å². The van der Waals surface area contributed by atoms with Crippen molar-refractivity contribution in [1.29, 1.82) is 5.26 Å². The molecule has 0 aliphatic carbocycles. The lowest BCUT2D eigenvalue weighted by atomic mass is 10.1. The number of benzene rings is 1. The number of carbonyl (C=O) groups excluding carboxylic acids is 1. The standard InChI is InChI=1S/C12H5F3N2O2S/c13-9-2-10(19-12(14)15)8(1-6(9)3-16)11-17-4-7(5-18)20-11/h1-2,4-5,12H. The van der Waals surface area contributed by atoms with E-state index >= 15 is 0 Å². The summed E-state index contributed by atoms with van der Waals surface area (Å²) in [6.45, 7) is -3.15. The summed E-state index contributed by atoms with van der Waals surface area (Å²) < 4.78 is 42.3. The number of halogens is 3. The van der Waals surface area contributed by atoms with Crippen molar-refractivity contribution in [3.63, 3.8) is 0 Å². The van der Waals surface area contributed by atoms with Gasteiger partial charge in [-0.15, -0.1) is 11.3 Å². The monoisotopic (exact) mass is 298 g/mol. The number of nitriles is 1. The third kappa shape index (κ3) is 2.78. The minimum atomic E-state index is -3.15. The maximum Gasteiger partial charge on any atom is 0.387 e. The fraction of sp³-hybridized carbons (Fsp3) is 0.0833. The number of rotatable bonds is 4. The first kappa shape index (κ1) is 14.0. The molecule has 0 N–H and O–H groups in total. The van der Waals surface area contributed by atoms with Crippen LogP contribution < -0.4 is 4.74 Å². The molecule has 0 atom stereocenters. The second kappa shape index (κ2) is 5.71. The largest absolute Gasteiger partial charge is 0.434 e. The summed E-state index contributed by atoms with van der Waals surface area (Å²) in [6.07, 6.45) is 1.79. The third-order valence-corrected chi connectivity index (χ3v) is 3.23. The molecule has 0 saturated carbocycles. The van der Waals surface area contributed by atoms with Gasteiger partial charge < -0.3 is 4.74 Å². The van der Waals surface area contributed by atoms with Gasteiger partial charge in [0.1, 0.15) is 22.6 Å². The number of carbonyl (C=O) groups is 1. The number of hydrogen-bond donors (Lipinski definition) is 0. The Morgan fingerprint density at radius 3 is 2.75 bits per heavy atom. The Morgan fingerprint density at radius 2 is 2.20 bits per heavy atom. The summed E-state index contributed by atoms with van der Waals surface area (Å²) in [6, 6.07) is 3.35. The van der Waals surface area contributed by atoms with Crippen molar-refractivity contribution < 1.29 is 22.7 Å². The minimum absolute atomic E-state index is 0.0290. The van der Waals surface area contributed by atoms with Crippen molar-refractivity contribution in [2.75, 3.05) is 0 Å². The second-order valence-electron chi connectivity index (χ2n) is 3.50. The van der Waals surface area contributed by atoms with Gasteiger partial charge in [-0.25, -0.2) is 9.37 Å². The maximum atomic E-state index is 13.4. The molecule has 102 valence electrons.